The molecule has 0 aliphatic carbocycles. The highest BCUT2D eigenvalue weighted by Crippen LogP contribution is 2.53. The molecular weight excluding hydrogens is 358 g/mol. The quantitative estimate of drug-likeness (QED) is 0.557. The number of rotatable bonds is 6. The first kappa shape index (κ1) is 19.0. The summed E-state index contributed by atoms with van der Waals surface area (Å²) < 4.78 is 16.8. The van der Waals surface area contributed by atoms with Gasteiger partial charge in [0.1, 0.15) is 17.3 Å². The van der Waals surface area contributed by atoms with E-state index in [1.54, 1.807) is 7.11 Å². The van der Waals surface area contributed by atoms with E-state index in [0.717, 1.165) is 11.3 Å². The van der Waals surface area contributed by atoms with Gasteiger partial charge < -0.3 is 19.1 Å². The number of amides is 1. The third-order valence-electron chi connectivity index (χ3n) is 6.03. The van der Waals surface area contributed by atoms with Crippen molar-refractivity contribution in [3.63, 3.8) is 0 Å². The summed E-state index contributed by atoms with van der Waals surface area (Å²) in [4.78, 5) is 27.9. The number of carbonyl (C=O) groups is 2. The van der Waals surface area contributed by atoms with Crippen molar-refractivity contribution in [2.24, 2.45) is 17.8 Å². The molecule has 28 heavy (non-hydrogen) atoms. The van der Waals surface area contributed by atoms with Crippen LogP contribution in [0.1, 0.15) is 32.4 Å². The Labute approximate surface area is 165 Å². The molecule has 1 aromatic carbocycles. The number of likely N-dealkylation sites (tertiary alicyclic amines) is 1. The van der Waals surface area contributed by atoms with Crippen LogP contribution in [0.3, 0.4) is 0 Å². The average Bonchev–Trinajstić information content (AvgIpc) is 3.34. The fourth-order valence-electron chi connectivity index (χ4n) is 4.53. The number of esters is 1. The molecule has 2 saturated heterocycles. The van der Waals surface area contributed by atoms with Gasteiger partial charge in [-0.15, -0.1) is 0 Å². The Kier molecular flexibility index (Phi) is 4.70. The summed E-state index contributed by atoms with van der Waals surface area (Å²) in [5.41, 5.74) is 0.298. The largest absolute Gasteiger partial charge is 0.497 e. The van der Waals surface area contributed by atoms with E-state index in [9.17, 15) is 9.59 Å². The van der Waals surface area contributed by atoms with Crippen molar-refractivity contribution in [3.05, 3.63) is 42.0 Å². The summed E-state index contributed by atoms with van der Waals surface area (Å²) in [7, 11) is 1.63. The maximum Gasteiger partial charge on any atom is 0.312 e. The molecule has 5 atom stereocenters. The minimum Gasteiger partial charge on any atom is -0.497 e. The zero-order chi connectivity index (χ0) is 20.1. The minimum absolute atomic E-state index is 0.0401. The van der Waals surface area contributed by atoms with Crippen LogP contribution in [0.15, 0.2) is 36.4 Å². The zero-order valence-electron chi connectivity index (χ0n) is 16.8. The number of ether oxygens (including phenoxy) is 3. The van der Waals surface area contributed by atoms with Crippen molar-refractivity contribution < 1.29 is 23.8 Å². The predicted octanol–water partition coefficient (Wildman–Crippen LogP) is 2.74. The van der Waals surface area contributed by atoms with Crippen LogP contribution in [-0.4, -0.2) is 48.7 Å². The van der Waals surface area contributed by atoms with E-state index in [-0.39, 0.29) is 29.9 Å². The lowest BCUT2D eigenvalue weighted by Gasteiger charge is -2.27. The highest BCUT2D eigenvalue weighted by atomic mass is 16.6. The van der Waals surface area contributed by atoms with Crippen LogP contribution < -0.4 is 4.74 Å². The molecule has 3 aliphatic heterocycles. The highest BCUT2D eigenvalue weighted by molar-refractivity contribution is 5.91. The maximum absolute atomic E-state index is 13.3. The van der Waals surface area contributed by atoms with Crippen molar-refractivity contribution in [3.8, 4) is 5.75 Å². The molecule has 3 aliphatic rings. The molecule has 1 spiro atoms. The minimum atomic E-state index is -0.718. The monoisotopic (exact) mass is 385 g/mol. The van der Waals surface area contributed by atoms with Gasteiger partial charge in [0.15, 0.2) is 0 Å². The van der Waals surface area contributed by atoms with Gasteiger partial charge in [0, 0.05) is 0 Å². The lowest BCUT2D eigenvalue weighted by atomic mass is 9.77. The van der Waals surface area contributed by atoms with Crippen LogP contribution in [0.2, 0.25) is 0 Å². The van der Waals surface area contributed by atoms with Crippen LogP contribution in [0.5, 0.6) is 5.75 Å². The second-order valence-corrected chi connectivity index (χ2v) is 8.34. The van der Waals surface area contributed by atoms with Crippen LogP contribution in [-0.2, 0) is 19.1 Å². The van der Waals surface area contributed by atoms with Gasteiger partial charge >= 0.3 is 5.97 Å². The molecule has 0 N–H and O–H groups in total. The Morgan fingerprint density at radius 3 is 2.64 bits per heavy atom. The van der Waals surface area contributed by atoms with Gasteiger partial charge in [0.2, 0.25) is 5.91 Å². The third kappa shape index (κ3) is 2.91. The Bertz CT molecular complexity index is 802. The number of methoxy groups -OCH3 is 1. The number of nitrogens with zero attached hydrogens (tertiary/aromatic N) is 1. The van der Waals surface area contributed by atoms with Crippen molar-refractivity contribution in [1.82, 2.24) is 4.90 Å². The molecular formula is C22H27NO5. The van der Waals surface area contributed by atoms with E-state index in [4.69, 9.17) is 14.2 Å². The fraction of sp³-hybridized carbons (Fsp3) is 0.545. The van der Waals surface area contributed by atoms with Gasteiger partial charge in [-0.25, -0.2) is 0 Å². The summed E-state index contributed by atoms with van der Waals surface area (Å²) in [6.45, 7) is 6.78. The Hall–Kier alpha value is -2.34. The van der Waals surface area contributed by atoms with E-state index < -0.39 is 17.4 Å². The second-order valence-electron chi connectivity index (χ2n) is 8.34. The zero-order valence-corrected chi connectivity index (χ0v) is 16.8. The molecule has 4 rings (SSSR count). The molecule has 6 heteroatoms. The molecule has 0 aromatic heterocycles. The van der Waals surface area contributed by atoms with E-state index in [2.05, 4.69) is 0 Å². The summed E-state index contributed by atoms with van der Waals surface area (Å²) in [6.07, 6.45) is 3.51. The van der Waals surface area contributed by atoms with Gasteiger partial charge in [-0.05, 0) is 30.5 Å². The molecule has 0 radical (unpaired) electrons. The number of carbonyl (C=O) groups excluding carboxylic acids is 2. The molecule has 0 unspecified atom stereocenters. The van der Waals surface area contributed by atoms with Gasteiger partial charge in [0.05, 0.1) is 38.3 Å². The SMILES string of the molecule is COc1ccc([C@H](C)N2C[C@@]34C=C[C@@H](O3)[C@@H](C(=O)OCC(C)C)[C@H]4C2=O)cc1. The number of hydrogen-bond donors (Lipinski definition) is 0. The average molecular weight is 385 g/mol. The number of fused-ring (bicyclic) bond motifs is 1. The molecule has 0 saturated carbocycles. The lowest BCUT2D eigenvalue weighted by Crippen LogP contribution is -2.40. The smallest absolute Gasteiger partial charge is 0.312 e. The van der Waals surface area contributed by atoms with Crippen LogP contribution in [0, 0.1) is 17.8 Å². The molecule has 150 valence electrons. The summed E-state index contributed by atoms with van der Waals surface area (Å²) in [5, 5.41) is 0. The van der Waals surface area contributed by atoms with E-state index >= 15 is 0 Å². The summed E-state index contributed by atoms with van der Waals surface area (Å²) in [6, 6.07) is 7.58. The third-order valence-corrected chi connectivity index (χ3v) is 6.03. The van der Waals surface area contributed by atoms with Gasteiger partial charge in [-0.1, -0.05) is 38.1 Å². The van der Waals surface area contributed by atoms with Gasteiger partial charge in [-0.3, -0.25) is 9.59 Å². The number of hydrogen-bond acceptors (Lipinski definition) is 5. The first-order valence-electron chi connectivity index (χ1n) is 9.84. The molecule has 1 amide bonds. The molecule has 2 bridgehead atoms. The first-order chi connectivity index (χ1) is 13.4. The normalized spacial score (nSPS) is 31.4. The molecule has 6 nitrogen and oxygen atoms in total. The van der Waals surface area contributed by atoms with Gasteiger partial charge in [-0.2, -0.15) is 0 Å². The second kappa shape index (κ2) is 6.92. The molecule has 3 heterocycles. The molecule has 1 aromatic rings. The first-order valence-corrected chi connectivity index (χ1v) is 9.84. The Balaban J connectivity index is 1.56. The summed E-state index contributed by atoms with van der Waals surface area (Å²) >= 11 is 0. The number of benzene rings is 1. The van der Waals surface area contributed by atoms with Crippen LogP contribution in [0.4, 0.5) is 0 Å². The lowest BCUT2D eigenvalue weighted by molar-refractivity contribution is -0.155. The fourth-order valence-corrected chi connectivity index (χ4v) is 4.53. The van der Waals surface area contributed by atoms with Crippen LogP contribution >= 0.6 is 0 Å². The van der Waals surface area contributed by atoms with Crippen molar-refractivity contribution in [2.75, 3.05) is 20.3 Å². The van der Waals surface area contributed by atoms with Crippen molar-refractivity contribution in [2.45, 2.75) is 38.5 Å². The maximum atomic E-state index is 13.3. The summed E-state index contributed by atoms with van der Waals surface area (Å²) in [5.74, 6) is -0.424. The highest BCUT2D eigenvalue weighted by Gasteiger charge is 2.67. The molecule has 2 fully saturated rings. The van der Waals surface area contributed by atoms with Crippen LogP contribution in [0.25, 0.3) is 0 Å². The predicted molar refractivity (Wildman–Crippen MR) is 103 cm³/mol. The van der Waals surface area contributed by atoms with E-state index in [0.29, 0.717) is 13.2 Å². The van der Waals surface area contributed by atoms with Gasteiger partial charge in [0.25, 0.3) is 0 Å². The van der Waals surface area contributed by atoms with E-state index in [1.807, 2.05) is 62.1 Å². The standard InChI is InChI=1S/C22H27NO5/c1-13(2)11-27-21(25)18-17-9-10-22(28-17)12-23(20(24)19(18)22)14(3)15-5-7-16(26-4)8-6-15/h5-10,13-14,17-19H,11-12H2,1-4H3/t14-,17+,18+,19-,22+/m0/s1. The van der Waals surface area contributed by atoms with Crippen molar-refractivity contribution in [1.29, 1.82) is 0 Å². The Morgan fingerprint density at radius 1 is 1.29 bits per heavy atom. The Morgan fingerprint density at radius 2 is 2.00 bits per heavy atom. The topological polar surface area (TPSA) is 65.1 Å². The van der Waals surface area contributed by atoms with E-state index in [1.165, 1.54) is 0 Å². The van der Waals surface area contributed by atoms with Crippen molar-refractivity contribution >= 4 is 11.9 Å².